The van der Waals surface area contributed by atoms with Crippen molar-refractivity contribution >= 4 is 17.6 Å². The second-order valence-corrected chi connectivity index (χ2v) is 4.34. The summed E-state index contributed by atoms with van der Waals surface area (Å²) < 4.78 is 4.95. The number of rotatable bonds is 4. The maximum Gasteiger partial charge on any atom is 0.339 e. The van der Waals surface area contributed by atoms with E-state index in [1.165, 1.54) is 13.2 Å². The number of anilines is 1. The molecule has 5 heteroatoms. The van der Waals surface area contributed by atoms with E-state index in [1.807, 2.05) is 0 Å². The summed E-state index contributed by atoms with van der Waals surface area (Å²) in [4.78, 5) is 22.8. The maximum absolute atomic E-state index is 11.7. The molecule has 1 aromatic rings. The lowest BCUT2D eigenvalue weighted by atomic mass is 9.85. The van der Waals surface area contributed by atoms with Crippen LogP contribution in [0.15, 0.2) is 18.2 Å². The first kappa shape index (κ1) is 12.4. The number of carbonyl (C=O) groups is 2. The molecule has 1 saturated carbocycles. The Balaban J connectivity index is 2.15. The molecule has 2 N–H and O–H groups in total. The summed E-state index contributed by atoms with van der Waals surface area (Å²) in [5.74, 6) is -0.765. The number of ether oxygens (including phenoxy) is 1. The molecule has 0 heterocycles. The average Bonchev–Trinajstić information content (AvgIpc) is 2.26. The van der Waals surface area contributed by atoms with Crippen LogP contribution in [-0.4, -0.2) is 24.1 Å². The van der Waals surface area contributed by atoms with Crippen molar-refractivity contribution in [1.29, 1.82) is 0 Å². The minimum Gasteiger partial charge on any atom is -0.496 e. The minimum atomic E-state index is -1.08. The Bertz CT molecular complexity index is 480. The highest BCUT2D eigenvalue weighted by Gasteiger charge is 2.25. The van der Waals surface area contributed by atoms with Crippen molar-refractivity contribution in [2.24, 2.45) is 5.92 Å². The third-order valence-electron chi connectivity index (χ3n) is 3.17. The number of hydrogen-bond donors (Lipinski definition) is 2. The van der Waals surface area contributed by atoms with E-state index >= 15 is 0 Å². The second kappa shape index (κ2) is 5.08. The number of nitrogens with one attached hydrogen (secondary N) is 1. The van der Waals surface area contributed by atoms with Crippen molar-refractivity contribution in [3.63, 3.8) is 0 Å². The third-order valence-corrected chi connectivity index (χ3v) is 3.17. The van der Waals surface area contributed by atoms with Crippen LogP contribution in [0.25, 0.3) is 0 Å². The van der Waals surface area contributed by atoms with E-state index < -0.39 is 5.97 Å². The summed E-state index contributed by atoms with van der Waals surface area (Å²) in [7, 11) is 1.41. The molecule has 0 spiro atoms. The minimum absolute atomic E-state index is 0.0391. The predicted octanol–water partition coefficient (Wildman–Crippen LogP) is 2.13. The first-order chi connectivity index (χ1) is 8.61. The molecule has 1 aliphatic carbocycles. The van der Waals surface area contributed by atoms with Gasteiger partial charge in [-0.25, -0.2) is 4.79 Å². The van der Waals surface area contributed by atoms with E-state index in [0.717, 1.165) is 19.3 Å². The molecule has 5 nitrogen and oxygen atoms in total. The van der Waals surface area contributed by atoms with Gasteiger partial charge in [-0.05, 0) is 31.0 Å². The Kier molecular flexibility index (Phi) is 3.50. The highest BCUT2D eigenvalue weighted by atomic mass is 16.5. The molecular formula is C13H15NO4. The summed E-state index contributed by atoms with van der Waals surface area (Å²) >= 11 is 0. The fourth-order valence-electron chi connectivity index (χ4n) is 1.87. The predicted molar refractivity (Wildman–Crippen MR) is 65.9 cm³/mol. The first-order valence-corrected chi connectivity index (χ1v) is 5.84. The van der Waals surface area contributed by atoms with Crippen LogP contribution in [0.1, 0.15) is 29.6 Å². The quantitative estimate of drug-likeness (QED) is 0.857. The normalized spacial score (nSPS) is 14.7. The molecule has 1 fully saturated rings. The molecule has 1 aromatic carbocycles. The van der Waals surface area contributed by atoms with E-state index in [9.17, 15) is 9.59 Å². The van der Waals surface area contributed by atoms with Gasteiger partial charge < -0.3 is 15.2 Å². The number of carbonyl (C=O) groups excluding carboxylic acids is 1. The zero-order valence-electron chi connectivity index (χ0n) is 10.1. The van der Waals surface area contributed by atoms with E-state index in [0.29, 0.717) is 5.69 Å². The van der Waals surface area contributed by atoms with Gasteiger partial charge in [0.2, 0.25) is 5.91 Å². The highest BCUT2D eigenvalue weighted by molar-refractivity contribution is 5.96. The molecule has 0 bridgehead atoms. The molecule has 0 atom stereocenters. The van der Waals surface area contributed by atoms with E-state index in [-0.39, 0.29) is 23.1 Å². The largest absolute Gasteiger partial charge is 0.496 e. The summed E-state index contributed by atoms with van der Waals surface area (Å²) in [5.41, 5.74) is 0.536. The molecule has 18 heavy (non-hydrogen) atoms. The van der Waals surface area contributed by atoms with E-state index in [4.69, 9.17) is 9.84 Å². The molecular weight excluding hydrogens is 234 g/mol. The lowest BCUT2D eigenvalue weighted by molar-refractivity contribution is -0.122. The van der Waals surface area contributed by atoms with Gasteiger partial charge in [0.05, 0.1) is 7.11 Å². The fraction of sp³-hybridized carbons (Fsp3) is 0.385. The molecule has 96 valence electrons. The molecule has 0 aromatic heterocycles. The van der Waals surface area contributed by atoms with Crippen LogP contribution in [0.5, 0.6) is 5.75 Å². The second-order valence-electron chi connectivity index (χ2n) is 4.34. The van der Waals surface area contributed by atoms with Crippen molar-refractivity contribution in [2.45, 2.75) is 19.3 Å². The number of carboxylic acid groups (broad SMARTS) is 1. The van der Waals surface area contributed by atoms with Crippen LogP contribution in [0.2, 0.25) is 0 Å². The van der Waals surface area contributed by atoms with Gasteiger partial charge in [0, 0.05) is 11.6 Å². The van der Waals surface area contributed by atoms with Gasteiger partial charge in [0.15, 0.2) is 0 Å². The standard InChI is InChI=1S/C13H15NO4/c1-18-11-6-5-9(7-10(11)13(16)17)14-12(15)8-3-2-4-8/h5-8H,2-4H2,1H3,(H,14,15)(H,16,17). The SMILES string of the molecule is COc1ccc(NC(=O)C2CCC2)cc1C(=O)O. The molecule has 1 aliphatic rings. The van der Waals surface area contributed by atoms with Crippen molar-refractivity contribution in [3.05, 3.63) is 23.8 Å². The highest BCUT2D eigenvalue weighted by Crippen LogP contribution is 2.28. The molecule has 1 amide bonds. The van der Waals surface area contributed by atoms with Crippen molar-refractivity contribution in [3.8, 4) is 5.75 Å². The van der Waals surface area contributed by atoms with Crippen LogP contribution in [0.4, 0.5) is 5.69 Å². The van der Waals surface area contributed by atoms with Crippen LogP contribution in [0, 0.1) is 5.92 Å². The summed E-state index contributed by atoms with van der Waals surface area (Å²) in [6, 6.07) is 4.60. The van der Waals surface area contributed by atoms with Gasteiger partial charge >= 0.3 is 5.97 Å². The topological polar surface area (TPSA) is 75.6 Å². The van der Waals surface area contributed by atoms with E-state index in [1.54, 1.807) is 12.1 Å². The Morgan fingerprint density at radius 2 is 2.11 bits per heavy atom. The molecule has 0 unspecified atom stereocenters. The zero-order chi connectivity index (χ0) is 13.1. The van der Waals surface area contributed by atoms with Crippen LogP contribution in [-0.2, 0) is 4.79 Å². The van der Waals surface area contributed by atoms with Gasteiger partial charge in [-0.1, -0.05) is 6.42 Å². The number of methoxy groups -OCH3 is 1. The summed E-state index contributed by atoms with van der Waals surface area (Å²) in [5, 5.41) is 11.8. The zero-order valence-corrected chi connectivity index (χ0v) is 10.1. The molecule has 0 radical (unpaired) electrons. The fourth-order valence-corrected chi connectivity index (χ4v) is 1.87. The van der Waals surface area contributed by atoms with Gasteiger partial charge in [-0.2, -0.15) is 0 Å². The number of hydrogen-bond acceptors (Lipinski definition) is 3. The number of aromatic carboxylic acids is 1. The average molecular weight is 249 g/mol. The number of benzene rings is 1. The Morgan fingerprint density at radius 3 is 2.61 bits per heavy atom. The van der Waals surface area contributed by atoms with Crippen molar-refractivity contribution in [2.75, 3.05) is 12.4 Å². The smallest absolute Gasteiger partial charge is 0.339 e. The Hall–Kier alpha value is -2.04. The summed E-state index contributed by atoms with van der Waals surface area (Å²) in [6.07, 6.45) is 2.91. The maximum atomic E-state index is 11.7. The van der Waals surface area contributed by atoms with Gasteiger partial charge in [0.1, 0.15) is 11.3 Å². The number of carboxylic acids is 1. The van der Waals surface area contributed by atoms with Crippen LogP contribution in [0.3, 0.4) is 0 Å². The van der Waals surface area contributed by atoms with Gasteiger partial charge in [-0.15, -0.1) is 0 Å². The van der Waals surface area contributed by atoms with Crippen LogP contribution < -0.4 is 10.1 Å². The lowest BCUT2D eigenvalue weighted by Crippen LogP contribution is -2.28. The van der Waals surface area contributed by atoms with Gasteiger partial charge in [0.25, 0.3) is 0 Å². The number of amides is 1. The lowest BCUT2D eigenvalue weighted by Gasteiger charge is -2.24. The van der Waals surface area contributed by atoms with E-state index in [2.05, 4.69) is 5.32 Å². The Labute approximate surface area is 105 Å². The Morgan fingerprint density at radius 1 is 1.39 bits per heavy atom. The third kappa shape index (κ3) is 2.45. The molecule has 0 aliphatic heterocycles. The monoisotopic (exact) mass is 249 g/mol. The molecule has 0 saturated heterocycles. The first-order valence-electron chi connectivity index (χ1n) is 5.84. The molecule has 2 rings (SSSR count). The van der Waals surface area contributed by atoms with Crippen molar-refractivity contribution < 1.29 is 19.4 Å². The van der Waals surface area contributed by atoms with Gasteiger partial charge in [-0.3, -0.25) is 4.79 Å². The van der Waals surface area contributed by atoms with Crippen molar-refractivity contribution in [1.82, 2.24) is 0 Å². The van der Waals surface area contributed by atoms with Crippen LogP contribution >= 0.6 is 0 Å². The summed E-state index contributed by atoms with van der Waals surface area (Å²) in [6.45, 7) is 0.